The average Bonchev–Trinajstić information content (AvgIpc) is 2.81. The molecule has 0 aromatic heterocycles. The van der Waals surface area contributed by atoms with Crippen molar-refractivity contribution in [3.63, 3.8) is 0 Å². The van der Waals surface area contributed by atoms with Crippen molar-refractivity contribution in [2.75, 3.05) is 6.61 Å². The average molecular weight is 349 g/mol. The van der Waals surface area contributed by atoms with Gasteiger partial charge in [0, 0.05) is 10.8 Å². The van der Waals surface area contributed by atoms with Crippen LogP contribution in [0.15, 0.2) is 23.8 Å². The van der Waals surface area contributed by atoms with Gasteiger partial charge < -0.3 is 10.2 Å². The Morgan fingerprint density at radius 1 is 1.40 bits per heavy atom. The number of aliphatic hydroxyl groups excluding tert-OH is 1. The van der Waals surface area contributed by atoms with Gasteiger partial charge in [0.25, 0.3) is 0 Å². The fourth-order valence-electron chi connectivity index (χ4n) is 5.71. The molecule has 0 saturated heterocycles. The van der Waals surface area contributed by atoms with E-state index in [-0.39, 0.29) is 17.3 Å². The Labute approximate surface area is 153 Å². The molecule has 0 radical (unpaired) electrons. The van der Waals surface area contributed by atoms with E-state index in [9.17, 15) is 15.0 Å². The number of carbonyl (C=O) groups excluding carboxylic acids is 1. The first-order valence-electron chi connectivity index (χ1n) is 9.87. The van der Waals surface area contributed by atoms with Crippen LogP contribution < -0.4 is 0 Å². The lowest BCUT2D eigenvalue weighted by atomic mass is 9.56. The zero-order chi connectivity index (χ0) is 19.0. The molecule has 6 atom stereocenters. The zero-order valence-electron chi connectivity index (χ0n) is 16.8. The summed E-state index contributed by atoms with van der Waals surface area (Å²) in [7, 11) is 0. The normalized spacial score (nSPS) is 40.6. The summed E-state index contributed by atoms with van der Waals surface area (Å²) in [5, 5.41) is 20.8. The number of fused-ring (bicyclic) bond motifs is 1. The Morgan fingerprint density at radius 2 is 2.04 bits per heavy atom. The van der Waals surface area contributed by atoms with E-state index in [2.05, 4.69) is 45.9 Å². The maximum absolute atomic E-state index is 12.5. The summed E-state index contributed by atoms with van der Waals surface area (Å²) in [5.74, 6) is 0.0201. The highest BCUT2D eigenvalue weighted by Crippen LogP contribution is 2.63. The lowest BCUT2D eigenvalue weighted by Gasteiger charge is -2.49. The van der Waals surface area contributed by atoms with Gasteiger partial charge in [-0.15, -0.1) is 0 Å². The Kier molecular flexibility index (Phi) is 5.71. The zero-order valence-corrected chi connectivity index (χ0v) is 16.8. The number of hydrogen-bond acceptors (Lipinski definition) is 3. The van der Waals surface area contributed by atoms with Gasteiger partial charge >= 0.3 is 0 Å². The molecule has 2 unspecified atom stereocenters. The molecule has 2 aliphatic carbocycles. The summed E-state index contributed by atoms with van der Waals surface area (Å²) in [6, 6.07) is 0. The summed E-state index contributed by atoms with van der Waals surface area (Å²) in [6.07, 6.45) is 10.4. The van der Waals surface area contributed by atoms with Crippen LogP contribution in [0.25, 0.3) is 0 Å². The molecular weight excluding hydrogens is 312 g/mol. The number of hydrogen-bond donors (Lipinski definition) is 2. The van der Waals surface area contributed by atoms with Crippen LogP contribution >= 0.6 is 0 Å². The molecule has 0 aromatic carbocycles. The largest absolute Gasteiger partial charge is 0.388 e. The van der Waals surface area contributed by atoms with Crippen molar-refractivity contribution in [2.45, 2.75) is 72.8 Å². The lowest BCUT2D eigenvalue weighted by Crippen LogP contribution is -2.56. The molecule has 0 aliphatic heterocycles. The minimum Gasteiger partial charge on any atom is -0.388 e. The molecule has 0 amide bonds. The van der Waals surface area contributed by atoms with Crippen molar-refractivity contribution in [1.82, 2.24) is 0 Å². The Morgan fingerprint density at radius 3 is 2.56 bits per heavy atom. The Bertz CT molecular complexity index is 578. The van der Waals surface area contributed by atoms with Crippen LogP contribution in [-0.4, -0.2) is 28.2 Å². The minimum atomic E-state index is -1.43. The van der Waals surface area contributed by atoms with E-state index >= 15 is 0 Å². The maximum atomic E-state index is 12.5. The highest BCUT2D eigenvalue weighted by atomic mass is 16.3. The van der Waals surface area contributed by atoms with Gasteiger partial charge in [-0.25, -0.2) is 0 Å². The van der Waals surface area contributed by atoms with Crippen LogP contribution in [0, 0.1) is 28.6 Å². The third kappa shape index (κ3) is 2.84. The predicted octanol–water partition coefficient (Wildman–Crippen LogP) is 4.29. The van der Waals surface area contributed by atoms with Crippen molar-refractivity contribution < 1.29 is 15.0 Å². The molecule has 3 nitrogen and oxygen atoms in total. The van der Waals surface area contributed by atoms with E-state index in [1.807, 2.05) is 13.8 Å². The van der Waals surface area contributed by atoms with Gasteiger partial charge in [-0.05, 0) is 43.4 Å². The number of ketones is 1. The molecule has 0 spiro atoms. The van der Waals surface area contributed by atoms with E-state index in [4.69, 9.17) is 0 Å². The van der Waals surface area contributed by atoms with Gasteiger partial charge in [-0.3, -0.25) is 4.79 Å². The number of carbonyl (C=O) groups is 1. The smallest absolute Gasteiger partial charge is 0.190 e. The predicted molar refractivity (Wildman–Crippen MR) is 102 cm³/mol. The van der Waals surface area contributed by atoms with Crippen LogP contribution in [0.4, 0.5) is 0 Å². The van der Waals surface area contributed by atoms with E-state index in [1.54, 1.807) is 0 Å². The second-order valence-corrected chi connectivity index (χ2v) is 8.74. The molecule has 3 heteroatoms. The number of allylic oxidation sites excluding steroid dienone is 4. The fourth-order valence-corrected chi connectivity index (χ4v) is 5.71. The molecule has 1 fully saturated rings. The van der Waals surface area contributed by atoms with Crippen LogP contribution in [-0.2, 0) is 4.79 Å². The summed E-state index contributed by atoms with van der Waals surface area (Å²) in [4.78, 5) is 12.5. The van der Waals surface area contributed by atoms with Crippen LogP contribution in [0.1, 0.15) is 67.2 Å². The van der Waals surface area contributed by atoms with Gasteiger partial charge in [-0.1, -0.05) is 65.3 Å². The SMILES string of the molecule is CC/C=C\[C@@](C)(CC)C1=CC[C@@]2(C)C(C[C@@H](C)[C@]2(O)C(=O)CO)C1C. The van der Waals surface area contributed by atoms with Gasteiger partial charge in [0.1, 0.15) is 12.2 Å². The minimum absolute atomic E-state index is 0.0295. The fraction of sp³-hybridized carbons (Fsp3) is 0.773. The van der Waals surface area contributed by atoms with Crippen molar-refractivity contribution in [1.29, 1.82) is 0 Å². The van der Waals surface area contributed by atoms with Crippen molar-refractivity contribution in [3.05, 3.63) is 23.8 Å². The number of rotatable bonds is 6. The lowest BCUT2D eigenvalue weighted by molar-refractivity contribution is -0.161. The quantitative estimate of drug-likeness (QED) is 0.704. The van der Waals surface area contributed by atoms with Gasteiger partial charge in [0.15, 0.2) is 5.78 Å². The Balaban J connectivity index is 2.47. The van der Waals surface area contributed by atoms with Crippen LogP contribution in [0.2, 0.25) is 0 Å². The third-order valence-corrected chi connectivity index (χ3v) is 7.53. The van der Waals surface area contributed by atoms with E-state index in [0.29, 0.717) is 12.3 Å². The number of Topliss-reactive ketones (excluding diaryl/α,β-unsaturated/α-hetero) is 1. The van der Waals surface area contributed by atoms with Crippen molar-refractivity contribution in [3.8, 4) is 0 Å². The van der Waals surface area contributed by atoms with Crippen molar-refractivity contribution >= 4 is 5.78 Å². The van der Waals surface area contributed by atoms with E-state index < -0.39 is 23.4 Å². The molecule has 0 bridgehead atoms. The van der Waals surface area contributed by atoms with Gasteiger partial charge in [0.05, 0.1) is 0 Å². The molecule has 142 valence electrons. The first-order valence-corrected chi connectivity index (χ1v) is 9.87. The third-order valence-electron chi connectivity index (χ3n) is 7.53. The first-order chi connectivity index (χ1) is 11.6. The van der Waals surface area contributed by atoms with Gasteiger partial charge in [0.2, 0.25) is 0 Å². The first kappa shape index (κ1) is 20.4. The van der Waals surface area contributed by atoms with Crippen molar-refractivity contribution in [2.24, 2.45) is 28.6 Å². The van der Waals surface area contributed by atoms with Gasteiger partial charge in [-0.2, -0.15) is 0 Å². The molecule has 0 aromatic rings. The standard InChI is InChI=1S/C22H36O3/c1-7-9-11-20(5,8-2)17-10-12-21(6)18(16(17)4)13-15(3)22(21,25)19(24)14-23/h9-11,15-16,18,23,25H,7-8,12-14H2,1-6H3/b11-9-/t15-,16?,18?,20-,21+,22+/m1/s1. The summed E-state index contributed by atoms with van der Waals surface area (Å²) < 4.78 is 0. The van der Waals surface area contributed by atoms with Crippen LogP contribution in [0.3, 0.4) is 0 Å². The molecule has 2 N–H and O–H groups in total. The second-order valence-electron chi connectivity index (χ2n) is 8.74. The maximum Gasteiger partial charge on any atom is 0.190 e. The molecule has 2 rings (SSSR count). The summed E-state index contributed by atoms with van der Waals surface area (Å²) in [6.45, 7) is 12.4. The Hall–Kier alpha value is -0.930. The van der Waals surface area contributed by atoms with E-state index in [1.165, 1.54) is 5.57 Å². The second kappa shape index (κ2) is 7.00. The number of aliphatic hydroxyl groups is 2. The molecular formula is C22H36O3. The molecule has 0 heterocycles. The summed E-state index contributed by atoms with van der Waals surface area (Å²) >= 11 is 0. The highest BCUT2D eigenvalue weighted by Gasteiger charge is 2.65. The van der Waals surface area contributed by atoms with Crippen LogP contribution in [0.5, 0.6) is 0 Å². The molecule has 1 saturated carbocycles. The van der Waals surface area contributed by atoms with E-state index in [0.717, 1.165) is 19.3 Å². The molecule has 25 heavy (non-hydrogen) atoms. The molecule has 2 aliphatic rings. The topological polar surface area (TPSA) is 57.5 Å². The monoisotopic (exact) mass is 348 g/mol. The summed E-state index contributed by atoms with van der Waals surface area (Å²) in [5.41, 5.74) is -0.458. The highest BCUT2D eigenvalue weighted by molar-refractivity contribution is 5.90.